The number of piperidine rings is 1. The summed E-state index contributed by atoms with van der Waals surface area (Å²) in [6.07, 6.45) is 2.15. The molecular weight excluding hydrogens is 356 g/mol. The molecule has 0 saturated carbocycles. The number of likely N-dealkylation sites (tertiary alicyclic amines) is 1. The Hall–Kier alpha value is -3.22. The monoisotopic (exact) mass is 378 g/mol. The fourth-order valence-electron chi connectivity index (χ4n) is 3.73. The summed E-state index contributed by atoms with van der Waals surface area (Å²) in [6, 6.07) is 11.2. The third kappa shape index (κ3) is 3.35. The molecule has 0 radical (unpaired) electrons. The van der Waals surface area contributed by atoms with Crippen molar-refractivity contribution < 1.29 is 14.1 Å². The molecule has 1 fully saturated rings. The summed E-state index contributed by atoms with van der Waals surface area (Å²) in [5.41, 5.74) is 8.42. The van der Waals surface area contributed by atoms with Gasteiger partial charge in [0.2, 0.25) is 5.76 Å². The van der Waals surface area contributed by atoms with E-state index in [2.05, 4.69) is 5.16 Å². The average Bonchev–Trinajstić information content (AvgIpc) is 3.21. The summed E-state index contributed by atoms with van der Waals surface area (Å²) >= 11 is 0. The van der Waals surface area contributed by atoms with E-state index in [1.807, 2.05) is 37.3 Å². The number of benzene rings is 1. The van der Waals surface area contributed by atoms with Crippen molar-refractivity contribution in [2.75, 3.05) is 13.1 Å². The molecule has 1 aromatic carbocycles. The standard InChI is InChI=1S/C21H22N4O3/c1-2-15-12-18(28-24-15)21(27)25-9-7-13(8-10-25)19-16(20(22)26)11-14-5-3-4-6-17(14)23-19/h3-6,11-13H,2,7-10H2,1H3,(H2,22,26). The predicted octanol–water partition coefficient (Wildman–Crippen LogP) is 2.90. The number of pyridine rings is 1. The minimum Gasteiger partial charge on any atom is -0.366 e. The zero-order valence-corrected chi connectivity index (χ0v) is 15.7. The van der Waals surface area contributed by atoms with E-state index < -0.39 is 5.91 Å². The Bertz CT molecular complexity index is 1040. The number of carbonyl (C=O) groups excluding carboxylic acids is 2. The van der Waals surface area contributed by atoms with Crippen LogP contribution in [0, 0.1) is 0 Å². The van der Waals surface area contributed by atoms with Crippen molar-refractivity contribution >= 4 is 22.7 Å². The number of carbonyl (C=O) groups is 2. The zero-order valence-electron chi connectivity index (χ0n) is 15.7. The first-order valence-corrected chi connectivity index (χ1v) is 9.51. The molecule has 3 aromatic rings. The van der Waals surface area contributed by atoms with Gasteiger partial charge in [-0.25, -0.2) is 0 Å². The summed E-state index contributed by atoms with van der Waals surface area (Å²) < 4.78 is 5.17. The first kappa shape index (κ1) is 18.2. The maximum absolute atomic E-state index is 12.6. The lowest BCUT2D eigenvalue weighted by Gasteiger charge is -2.31. The van der Waals surface area contributed by atoms with E-state index in [1.165, 1.54) is 0 Å². The van der Waals surface area contributed by atoms with E-state index in [0.717, 1.165) is 28.7 Å². The smallest absolute Gasteiger partial charge is 0.292 e. The number of aryl methyl sites for hydroxylation is 1. The second kappa shape index (κ2) is 7.42. The molecule has 1 aliphatic heterocycles. The largest absolute Gasteiger partial charge is 0.366 e. The Kier molecular flexibility index (Phi) is 4.81. The highest BCUT2D eigenvalue weighted by molar-refractivity contribution is 5.98. The van der Waals surface area contributed by atoms with E-state index in [9.17, 15) is 9.59 Å². The molecule has 0 spiro atoms. The van der Waals surface area contributed by atoms with Gasteiger partial charge >= 0.3 is 0 Å². The molecule has 2 aromatic heterocycles. The van der Waals surface area contributed by atoms with Crippen LogP contribution < -0.4 is 5.73 Å². The number of fused-ring (bicyclic) bond motifs is 1. The molecule has 2 amide bonds. The van der Waals surface area contributed by atoms with Gasteiger partial charge in [-0.2, -0.15) is 0 Å². The average molecular weight is 378 g/mol. The number of para-hydroxylation sites is 1. The molecule has 0 atom stereocenters. The van der Waals surface area contributed by atoms with Crippen molar-refractivity contribution in [1.82, 2.24) is 15.0 Å². The lowest BCUT2D eigenvalue weighted by Crippen LogP contribution is -2.38. The molecule has 144 valence electrons. The Morgan fingerprint density at radius 3 is 2.64 bits per heavy atom. The van der Waals surface area contributed by atoms with Crippen LogP contribution in [0.3, 0.4) is 0 Å². The summed E-state index contributed by atoms with van der Waals surface area (Å²) in [6.45, 7) is 3.10. The van der Waals surface area contributed by atoms with Gasteiger partial charge in [0.25, 0.3) is 11.8 Å². The molecule has 3 heterocycles. The number of primary amides is 1. The molecular formula is C21H22N4O3. The SMILES string of the molecule is CCc1cc(C(=O)N2CCC(c3nc4ccccc4cc3C(N)=O)CC2)on1. The highest BCUT2D eigenvalue weighted by atomic mass is 16.5. The molecule has 1 aliphatic rings. The van der Waals surface area contributed by atoms with E-state index >= 15 is 0 Å². The first-order chi connectivity index (χ1) is 13.6. The first-order valence-electron chi connectivity index (χ1n) is 9.51. The fraction of sp³-hybridized carbons (Fsp3) is 0.333. The molecule has 0 bridgehead atoms. The maximum Gasteiger partial charge on any atom is 0.292 e. The van der Waals surface area contributed by atoms with Gasteiger partial charge in [-0.05, 0) is 31.4 Å². The summed E-state index contributed by atoms with van der Waals surface area (Å²) in [4.78, 5) is 31.1. The molecule has 0 aliphatic carbocycles. The quantitative estimate of drug-likeness (QED) is 0.752. The molecule has 1 saturated heterocycles. The van der Waals surface area contributed by atoms with Crippen LogP contribution in [0.5, 0.6) is 0 Å². The van der Waals surface area contributed by atoms with Crippen LogP contribution in [-0.2, 0) is 6.42 Å². The van der Waals surface area contributed by atoms with Crippen molar-refractivity contribution in [3.8, 4) is 0 Å². The molecule has 28 heavy (non-hydrogen) atoms. The number of hydrogen-bond acceptors (Lipinski definition) is 5. The van der Waals surface area contributed by atoms with Crippen LogP contribution in [0.4, 0.5) is 0 Å². The Morgan fingerprint density at radius 1 is 1.21 bits per heavy atom. The lowest BCUT2D eigenvalue weighted by molar-refractivity contribution is 0.0669. The van der Waals surface area contributed by atoms with Crippen molar-refractivity contribution in [3.63, 3.8) is 0 Å². The minimum absolute atomic E-state index is 0.0806. The zero-order chi connectivity index (χ0) is 19.7. The number of hydrogen-bond donors (Lipinski definition) is 1. The third-order valence-electron chi connectivity index (χ3n) is 5.32. The summed E-state index contributed by atoms with van der Waals surface area (Å²) in [5.74, 6) is -0.262. The van der Waals surface area contributed by atoms with Gasteiger partial charge in [-0.15, -0.1) is 0 Å². The number of nitrogens with two attached hydrogens (primary N) is 1. The number of aromatic nitrogens is 2. The van der Waals surface area contributed by atoms with Crippen LogP contribution in [0.2, 0.25) is 0 Å². The van der Waals surface area contributed by atoms with Gasteiger partial charge in [-0.1, -0.05) is 30.3 Å². The van der Waals surface area contributed by atoms with E-state index in [-0.39, 0.29) is 17.6 Å². The van der Waals surface area contributed by atoms with Crippen molar-refractivity contribution in [3.05, 3.63) is 59.1 Å². The second-order valence-corrected chi connectivity index (χ2v) is 7.08. The Morgan fingerprint density at radius 2 is 1.96 bits per heavy atom. The van der Waals surface area contributed by atoms with Crippen LogP contribution in [0.15, 0.2) is 40.9 Å². The highest BCUT2D eigenvalue weighted by Crippen LogP contribution is 2.31. The van der Waals surface area contributed by atoms with E-state index in [1.54, 1.807) is 11.0 Å². The van der Waals surface area contributed by atoms with E-state index in [4.69, 9.17) is 15.2 Å². The van der Waals surface area contributed by atoms with Crippen LogP contribution in [0.1, 0.15) is 58.0 Å². The van der Waals surface area contributed by atoms with Gasteiger partial charge in [0.05, 0.1) is 22.5 Å². The Labute approximate surface area is 162 Å². The van der Waals surface area contributed by atoms with Crippen LogP contribution in [-0.4, -0.2) is 39.9 Å². The van der Waals surface area contributed by atoms with Gasteiger partial charge in [0.15, 0.2) is 0 Å². The minimum atomic E-state index is -0.472. The maximum atomic E-state index is 12.6. The molecule has 7 heteroatoms. The van der Waals surface area contributed by atoms with Crippen molar-refractivity contribution in [2.24, 2.45) is 5.73 Å². The number of nitrogens with zero attached hydrogens (tertiary/aromatic N) is 3. The molecule has 2 N–H and O–H groups in total. The van der Waals surface area contributed by atoms with Gasteiger partial charge in [0.1, 0.15) is 0 Å². The van der Waals surface area contributed by atoms with Gasteiger partial charge in [-0.3, -0.25) is 14.6 Å². The molecule has 0 unspecified atom stereocenters. The van der Waals surface area contributed by atoms with Crippen molar-refractivity contribution in [1.29, 1.82) is 0 Å². The van der Waals surface area contributed by atoms with Gasteiger partial charge in [0, 0.05) is 30.5 Å². The summed E-state index contributed by atoms with van der Waals surface area (Å²) in [7, 11) is 0. The summed E-state index contributed by atoms with van der Waals surface area (Å²) in [5, 5.41) is 4.78. The third-order valence-corrected chi connectivity index (χ3v) is 5.32. The fourth-order valence-corrected chi connectivity index (χ4v) is 3.73. The van der Waals surface area contributed by atoms with E-state index in [0.29, 0.717) is 31.5 Å². The molecule has 4 rings (SSSR count). The number of amides is 2. The highest BCUT2D eigenvalue weighted by Gasteiger charge is 2.29. The van der Waals surface area contributed by atoms with Crippen LogP contribution in [0.25, 0.3) is 10.9 Å². The predicted molar refractivity (Wildman–Crippen MR) is 104 cm³/mol. The van der Waals surface area contributed by atoms with Crippen molar-refractivity contribution in [2.45, 2.75) is 32.1 Å². The topological polar surface area (TPSA) is 102 Å². The lowest BCUT2D eigenvalue weighted by atomic mass is 9.89. The van der Waals surface area contributed by atoms with Crippen LogP contribution >= 0.6 is 0 Å². The normalized spacial score (nSPS) is 15.1. The number of rotatable bonds is 4. The second-order valence-electron chi connectivity index (χ2n) is 7.08. The Balaban J connectivity index is 1.54. The van der Waals surface area contributed by atoms with Gasteiger partial charge < -0.3 is 15.2 Å². The molecule has 7 nitrogen and oxygen atoms in total.